The van der Waals surface area contributed by atoms with E-state index in [0.29, 0.717) is 35.8 Å². The fraction of sp³-hybridized carbons (Fsp3) is 0.579. The second-order valence-corrected chi connectivity index (χ2v) is 8.01. The number of anilines is 3. The zero-order valence-corrected chi connectivity index (χ0v) is 16.8. The predicted octanol–water partition coefficient (Wildman–Crippen LogP) is 3.26. The van der Waals surface area contributed by atoms with E-state index in [9.17, 15) is 4.79 Å². The molecular formula is C19H26ClN7O. The summed E-state index contributed by atoms with van der Waals surface area (Å²) < 4.78 is 2.05. The van der Waals surface area contributed by atoms with Gasteiger partial charge >= 0.3 is 0 Å². The molecule has 0 unspecified atom stereocenters. The number of rotatable bonds is 8. The highest BCUT2D eigenvalue weighted by atomic mass is 35.5. The number of aromatic nitrogens is 4. The quantitative estimate of drug-likeness (QED) is 0.699. The summed E-state index contributed by atoms with van der Waals surface area (Å²) in [6.45, 7) is 4.37. The zero-order valence-electron chi connectivity index (χ0n) is 16.1. The summed E-state index contributed by atoms with van der Waals surface area (Å²) in [6.07, 6.45) is 10.8. The molecule has 3 heterocycles. The number of hydrogen-bond donors (Lipinski definition) is 2. The van der Waals surface area contributed by atoms with Gasteiger partial charge in [-0.15, -0.1) is 0 Å². The van der Waals surface area contributed by atoms with Gasteiger partial charge in [0.25, 0.3) is 0 Å². The first-order chi connectivity index (χ1) is 13.6. The molecule has 0 aromatic carbocycles. The molecule has 8 nitrogen and oxygen atoms in total. The molecule has 150 valence electrons. The first-order valence-corrected chi connectivity index (χ1v) is 10.3. The summed E-state index contributed by atoms with van der Waals surface area (Å²) >= 11 is 6.14. The Bertz CT molecular complexity index is 827. The molecule has 2 aromatic heterocycles. The van der Waals surface area contributed by atoms with Crippen molar-refractivity contribution >= 4 is 34.8 Å². The summed E-state index contributed by atoms with van der Waals surface area (Å²) in [7, 11) is 0. The maximum absolute atomic E-state index is 11.1. The Kier molecular flexibility index (Phi) is 5.77. The first kappa shape index (κ1) is 19.1. The van der Waals surface area contributed by atoms with Crippen LogP contribution in [0, 0.1) is 0 Å². The standard InChI is InChI=1S/C19H26ClN7O/c1-13(28)4-7-21-18-17(20)11-22-19(25-18)24-14-10-23-27(12-14)16-5-8-26(9-6-16)15-2-3-15/h10-12,15-16H,2-9H2,1H3,(H2,21,22,24,25). The van der Waals surface area contributed by atoms with Crippen molar-refractivity contribution in [2.75, 3.05) is 30.3 Å². The molecule has 0 bridgehead atoms. The Labute approximate surface area is 169 Å². The van der Waals surface area contributed by atoms with Crippen molar-refractivity contribution in [3.05, 3.63) is 23.6 Å². The van der Waals surface area contributed by atoms with Gasteiger partial charge in [-0.25, -0.2) is 4.98 Å². The largest absolute Gasteiger partial charge is 0.368 e. The molecule has 0 amide bonds. The van der Waals surface area contributed by atoms with Crippen LogP contribution in [0.25, 0.3) is 0 Å². The average Bonchev–Trinajstić information content (AvgIpc) is 3.43. The minimum Gasteiger partial charge on any atom is -0.368 e. The van der Waals surface area contributed by atoms with Crippen molar-refractivity contribution in [3.63, 3.8) is 0 Å². The Morgan fingerprint density at radius 3 is 2.71 bits per heavy atom. The van der Waals surface area contributed by atoms with Gasteiger partial charge in [-0.05, 0) is 32.6 Å². The molecule has 1 saturated carbocycles. The number of carbonyl (C=O) groups is 1. The minimum absolute atomic E-state index is 0.117. The van der Waals surface area contributed by atoms with Crippen LogP contribution in [0.15, 0.2) is 18.6 Å². The van der Waals surface area contributed by atoms with Gasteiger partial charge in [-0.1, -0.05) is 11.6 Å². The van der Waals surface area contributed by atoms with Gasteiger partial charge < -0.3 is 15.5 Å². The van der Waals surface area contributed by atoms with E-state index in [2.05, 4.69) is 35.3 Å². The topological polar surface area (TPSA) is 88.0 Å². The molecule has 0 spiro atoms. The van der Waals surface area contributed by atoms with Crippen LogP contribution >= 0.6 is 11.6 Å². The lowest BCUT2D eigenvalue weighted by molar-refractivity contribution is -0.116. The second kappa shape index (κ2) is 8.45. The number of halogens is 1. The van der Waals surface area contributed by atoms with Crippen molar-refractivity contribution in [3.8, 4) is 0 Å². The zero-order chi connectivity index (χ0) is 19.5. The molecule has 2 aromatic rings. The Morgan fingerprint density at radius 2 is 2.00 bits per heavy atom. The van der Waals surface area contributed by atoms with E-state index >= 15 is 0 Å². The maximum atomic E-state index is 11.1. The van der Waals surface area contributed by atoms with Crippen molar-refractivity contribution in [1.29, 1.82) is 0 Å². The van der Waals surface area contributed by atoms with Crippen molar-refractivity contribution < 1.29 is 4.79 Å². The third kappa shape index (κ3) is 4.80. The lowest BCUT2D eigenvalue weighted by atomic mass is 10.1. The molecule has 4 rings (SSSR count). The van der Waals surface area contributed by atoms with E-state index in [1.165, 1.54) is 12.8 Å². The highest BCUT2D eigenvalue weighted by Crippen LogP contribution is 2.32. The van der Waals surface area contributed by atoms with Crippen LogP contribution in [0.3, 0.4) is 0 Å². The van der Waals surface area contributed by atoms with E-state index < -0.39 is 0 Å². The molecule has 0 radical (unpaired) electrons. The van der Waals surface area contributed by atoms with Crippen LogP contribution in [0.1, 0.15) is 45.1 Å². The van der Waals surface area contributed by atoms with Gasteiger partial charge in [-0.3, -0.25) is 9.48 Å². The van der Waals surface area contributed by atoms with E-state index in [1.807, 2.05) is 6.20 Å². The average molecular weight is 404 g/mol. The molecule has 28 heavy (non-hydrogen) atoms. The summed E-state index contributed by atoms with van der Waals surface area (Å²) in [5, 5.41) is 11.2. The number of carbonyl (C=O) groups excluding carboxylic acids is 1. The van der Waals surface area contributed by atoms with E-state index in [0.717, 1.165) is 37.7 Å². The number of likely N-dealkylation sites (tertiary alicyclic amines) is 1. The fourth-order valence-electron chi connectivity index (χ4n) is 3.59. The monoisotopic (exact) mass is 403 g/mol. The number of hydrogen-bond acceptors (Lipinski definition) is 7. The summed E-state index contributed by atoms with van der Waals surface area (Å²) in [6, 6.07) is 1.29. The second-order valence-electron chi connectivity index (χ2n) is 7.60. The molecule has 2 N–H and O–H groups in total. The SMILES string of the molecule is CC(=O)CCNc1nc(Nc2cnn(C3CCN(C4CC4)CC3)c2)ncc1Cl. The normalized spacial score (nSPS) is 18.2. The molecule has 9 heteroatoms. The molecule has 0 atom stereocenters. The van der Waals surface area contributed by atoms with E-state index in [-0.39, 0.29) is 5.78 Å². The molecule has 1 saturated heterocycles. The van der Waals surface area contributed by atoms with Crippen LogP contribution in [0.2, 0.25) is 5.02 Å². The number of piperidine rings is 1. The van der Waals surface area contributed by atoms with Crippen molar-refractivity contribution in [1.82, 2.24) is 24.6 Å². The molecule has 2 aliphatic rings. The van der Waals surface area contributed by atoms with Crippen LogP contribution in [0.4, 0.5) is 17.5 Å². The molecule has 2 fully saturated rings. The lowest BCUT2D eigenvalue weighted by Crippen LogP contribution is -2.36. The minimum atomic E-state index is 0.117. The maximum Gasteiger partial charge on any atom is 0.229 e. The fourth-order valence-corrected chi connectivity index (χ4v) is 3.75. The summed E-state index contributed by atoms with van der Waals surface area (Å²) in [5.41, 5.74) is 0.849. The predicted molar refractivity (Wildman–Crippen MR) is 109 cm³/mol. The van der Waals surface area contributed by atoms with E-state index in [1.54, 1.807) is 19.3 Å². The number of Topliss-reactive ketones (excluding diaryl/α,β-unsaturated/α-hetero) is 1. The van der Waals surface area contributed by atoms with Crippen LogP contribution in [-0.2, 0) is 4.79 Å². The van der Waals surface area contributed by atoms with Crippen LogP contribution in [0.5, 0.6) is 0 Å². The molecular weight excluding hydrogens is 378 g/mol. The van der Waals surface area contributed by atoms with Crippen molar-refractivity contribution in [2.24, 2.45) is 0 Å². The van der Waals surface area contributed by atoms with Gasteiger partial charge in [0, 0.05) is 38.3 Å². The number of nitrogens with one attached hydrogen (secondary N) is 2. The van der Waals surface area contributed by atoms with Gasteiger partial charge in [0.15, 0.2) is 5.82 Å². The van der Waals surface area contributed by atoms with Crippen LogP contribution in [-0.4, -0.2) is 56.1 Å². The van der Waals surface area contributed by atoms with Gasteiger partial charge in [0.1, 0.15) is 10.8 Å². The number of nitrogens with zero attached hydrogens (tertiary/aromatic N) is 5. The van der Waals surface area contributed by atoms with Crippen molar-refractivity contribution in [2.45, 2.75) is 51.1 Å². The molecule has 1 aliphatic heterocycles. The van der Waals surface area contributed by atoms with E-state index in [4.69, 9.17) is 11.6 Å². The van der Waals surface area contributed by atoms with Gasteiger partial charge in [0.05, 0.1) is 24.1 Å². The third-order valence-electron chi connectivity index (χ3n) is 5.31. The Hall–Kier alpha value is -2.19. The first-order valence-electron chi connectivity index (χ1n) is 9.89. The van der Waals surface area contributed by atoms with Crippen LogP contribution < -0.4 is 10.6 Å². The van der Waals surface area contributed by atoms with Gasteiger partial charge in [0.2, 0.25) is 5.95 Å². The lowest BCUT2D eigenvalue weighted by Gasteiger charge is -2.31. The molecule has 1 aliphatic carbocycles. The highest BCUT2D eigenvalue weighted by Gasteiger charge is 2.32. The smallest absolute Gasteiger partial charge is 0.229 e. The number of ketones is 1. The summed E-state index contributed by atoms with van der Waals surface area (Å²) in [5.74, 6) is 1.07. The Balaban J connectivity index is 1.35. The summed E-state index contributed by atoms with van der Waals surface area (Å²) in [4.78, 5) is 22.3. The highest BCUT2D eigenvalue weighted by molar-refractivity contribution is 6.32. The van der Waals surface area contributed by atoms with Gasteiger partial charge in [-0.2, -0.15) is 10.1 Å². The third-order valence-corrected chi connectivity index (χ3v) is 5.58. The Morgan fingerprint density at radius 1 is 1.21 bits per heavy atom.